The van der Waals surface area contributed by atoms with Gasteiger partial charge in [0.1, 0.15) is 17.5 Å². The van der Waals surface area contributed by atoms with Crippen LogP contribution in [0.25, 0.3) is 0 Å². The van der Waals surface area contributed by atoms with Gasteiger partial charge in [-0.2, -0.15) is 0 Å². The molecule has 6 rings (SSSR count). The maximum Gasteiger partial charge on any atom is 0.419 e. The number of sulfonamides is 1. The number of methoxy groups -OCH3 is 2. The van der Waals surface area contributed by atoms with Gasteiger partial charge < -0.3 is 18.9 Å². The van der Waals surface area contributed by atoms with E-state index in [9.17, 15) is 32.9 Å². The molecule has 0 aromatic heterocycles. The van der Waals surface area contributed by atoms with Crippen molar-refractivity contribution in [2.24, 2.45) is 5.41 Å². The minimum atomic E-state index is -4.46. The number of ether oxygens (including phenoxy) is 4. The van der Waals surface area contributed by atoms with E-state index in [0.29, 0.717) is 5.56 Å². The highest BCUT2D eigenvalue weighted by Crippen LogP contribution is 2.63. The predicted octanol–water partition coefficient (Wildman–Crippen LogP) is 3.73. The molecule has 14 nitrogen and oxygen atoms in total. The Labute approximate surface area is 264 Å². The zero-order valence-electron chi connectivity index (χ0n) is 25.4. The third-order valence-electron chi connectivity index (χ3n) is 7.85. The fourth-order valence-corrected chi connectivity index (χ4v) is 7.23. The van der Waals surface area contributed by atoms with E-state index < -0.39 is 56.0 Å². The normalized spacial score (nSPS) is 19.6. The van der Waals surface area contributed by atoms with Gasteiger partial charge in [-0.3, -0.25) is 19.7 Å². The molecule has 0 fully saturated rings. The number of non-ortho nitro benzene ring substituents is 1. The lowest BCUT2D eigenvalue weighted by Crippen LogP contribution is -2.59. The number of hydrogen-bond acceptors (Lipinski definition) is 11. The topological polar surface area (TPSA) is 172 Å². The number of benzene rings is 2. The first-order valence-electron chi connectivity index (χ1n) is 13.8. The molecular weight excluding hydrogens is 622 g/mol. The van der Waals surface area contributed by atoms with Crippen molar-refractivity contribution in [2.45, 2.75) is 43.1 Å². The molecule has 15 heteroatoms. The molecule has 3 aliphatic heterocycles. The molecule has 0 saturated carbocycles. The molecule has 2 aromatic rings. The molecule has 240 valence electrons. The standard InChI is InChI=1S/C31H29N3O11S/c1-29(2,3)45-28(37)33-24-9-7-6-8-23(24)30-14-15-32(46(40,41)22-12-10-20(11-13-22)34(38)39)16-17-44-21(18-25(30)33)19-31(30,26(35)42-4)27(36)43-5/h6-13,18-19H,14-15H2,1-5H3/t30-/m1/s1. The summed E-state index contributed by atoms with van der Waals surface area (Å²) < 4.78 is 50.2. The molecule has 1 spiro atoms. The average Bonchev–Trinajstić information content (AvgIpc) is 3.31. The number of carbonyl (C=O) groups excluding carboxylic acids is 3. The first-order valence-corrected chi connectivity index (χ1v) is 15.3. The summed E-state index contributed by atoms with van der Waals surface area (Å²) in [5.74, 6) is -2.31. The van der Waals surface area contributed by atoms with Crippen molar-refractivity contribution in [1.82, 2.24) is 4.31 Å². The quantitative estimate of drug-likeness (QED) is 0.115. The number of amides is 1. The number of rotatable bonds is 5. The number of allylic oxidation sites excluding steroid dienone is 2. The minimum Gasteiger partial charge on any atom is -0.468 e. The maximum absolute atomic E-state index is 14.0. The average molecular weight is 652 g/mol. The Morgan fingerprint density at radius 1 is 1.02 bits per heavy atom. The number of nitro benzene ring substituents is 1. The monoisotopic (exact) mass is 651 g/mol. The van der Waals surface area contributed by atoms with E-state index in [0.717, 1.165) is 42.8 Å². The van der Waals surface area contributed by atoms with Crippen molar-refractivity contribution in [1.29, 1.82) is 0 Å². The highest BCUT2D eigenvalue weighted by molar-refractivity contribution is 7.89. The molecule has 0 N–H and O–H groups in total. The fraction of sp³-hybridized carbons (Fsp3) is 0.323. The van der Waals surface area contributed by atoms with E-state index in [1.54, 1.807) is 45.0 Å². The molecule has 1 atom stereocenters. The number of nitrogens with zero attached hydrogens (tertiary/aromatic N) is 3. The number of nitro groups is 1. The molecule has 0 radical (unpaired) electrons. The van der Waals surface area contributed by atoms with Gasteiger partial charge in [-0.25, -0.2) is 22.4 Å². The number of esters is 2. The summed E-state index contributed by atoms with van der Waals surface area (Å²) in [6, 6.07) is 13.2. The lowest BCUT2D eigenvalue weighted by Gasteiger charge is -2.46. The summed E-state index contributed by atoms with van der Waals surface area (Å²) in [6.45, 7) is 4.56. The minimum absolute atomic E-state index is 0.0626. The van der Waals surface area contributed by atoms with Gasteiger partial charge >= 0.3 is 18.0 Å². The number of carbonyl (C=O) groups is 3. The molecule has 2 aromatic carbocycles. The molecule has 0 saturated heterocycles. The van der Waals surface area contributed by atoms with Gasteiger partial charge in [-0.1, -0.05) is 18.2 Å². The lowest BCUT2D eigenvalue weighted by atomic mass is 9.55. The van der Waals surface area contributed by atoms with Crippen molar-refractivity contribution < 1.29 is 46.7 Å². The van der Waals surface area contributed by atoms with Crippen molar-refractivity contribution in [2.75, 3.05) is 25.7 Å². The van der Waals surface area contributed by atoms with E-state index in [1.807, 2.05) is 0 Å². The van der Waals surface area contributed by atoms with Crippen molar-refractivity contribution in [3.8, 4) is 12.2 Å². The molecule has 1 amide bonds. The van der Waals surface area contributed by atoms with Crippen LogP contribution >= 0.6 is 0 Å². The van der Waals surface area contributed by atoms with Crippen LogP contribution in [0.4, 0.5) is 16.2 Å². The molecule has 2 bridgehead atoms. The van der Waals surface area contributed by atoms with Crippen molar-refractivity contribution in [3.05, 3.63) is 87.8 Å². The van der Waals surface area contributed by atoms with Gasteiger partial charge in [0.05, 0.1) is 41.2 Å². The second kappa shape index (κ2) is 11.2. The maximum atomic E-state index is 14.0. The van der Waals surface area contributed by atoms with Gasteiger partial charge in [0.15, 0.2) is 0 Å². The van der Waals surface area contributed by atoms with Gasteiger partial charge in [0, 0.05) is 30.5 Å². The van der Waals surface area contributed by atoms with Gasteiger partial charge in [0.2, 0.25) is 5.41 Å². The zero-order chi connectivity index (χ0) is 33.7. The SMILES string of the molecule is COC(=O)C1(C(=O)OC)C=C2C=C3N(C(=O)OC(C)(C)C)c4ccccc4[C@]31CCN(S(=O)(=O)c1ccc([N+](=O)[O-])cc1)C#CO2. The first kappa shape index (κ1) is 32.0. The Morgan fingerprint density at radius 2 is 1.65 bits per heavy atom. The Hall–Kier alpha value is -5.36. The van der Waals surface area contributed by atoms with Gasteiger partial charge in [-0.05, 0) is 57.0 Å². The summed E-state index contributed by atoms with van der Waals surface area (Å²) in [5, 5.41) is 11.2. The van der Waals surface area contributed by atoms with E-state index in [4.69, 9.17) is 18.9 Å². The van der Waals surface area contributed by atoms with Crippen LogP contribution in [0.1, 0.15) is 32.8 Å². The Kier molecular flexibility index (Phi) is 7.81. The van der Waals surface area contributed by atoms with E-state index in [-0.39, 0.29) is 34.1 Å². The summed E-state index contributed by atoms with van der Waals surface area (Å²) in [4.78, 5) is 53.2. The Morgan fingerprint density at radius 3 is 2.24 bits per heavy atom. The number of anilines is 1. The molecule has 0 unspecified atom stereocenters. The van der Waals surface area contributed by atoms with Crippen LogP contribution in [0.2, 0.25) is 0 Å². The second-order valence-electron chi connectivity index (χ2n) is 11.5. The number of para-hydroxylation sites is 1. The third kappa shape index (κ3) is 4.81. The molecule has 46 heavy (non-hydrogen) atoms. The van der Waals surface area contributed by atoms with Crippen LogP contribution in [-0.2, 0) is 44.0 Å². The number of fused-ring (bicyclic) bond motifs is 6. The molecule has 1 aliphatic carbocycles. The Balaban J connectivity index is 1.77. The molecular formula is C31H29N3O11S. The summed E-state index contributed by atoms with van der Waals surface area (Å²) in [7, 11) is -2.30. The van der Waals surface area contributed by atoms with E-state index >= 15 is 0 Å². The van der Waals surface area contributed by atoms with Crippen LogP contribution in [0.3, 0.4) is 0 Å². The predicted molar refractivity (Wildman–Crippen MR) is 160 cm³/mol. The molecule has 3 heterocycles. The van der Waals surface area contributed by atoms with Crippen LogP contribution in [0, 0.1) is 27.7 Å². The largest absolute Gasteiger partial charge is 0.468 e. The summed E-state index contributed by atoms with van der Waals surface area (Å²) in [6.07, 6.45) is 3.79. The van der Waals surface area contributed by atoms with Crippen LogP contribution in [0.15, 0.2) is 77.0 Å². The smallest absolute Gasteiger partial charge is 0.419 e. The van der Waals surface area contributed by atoms with E-state index in [2.05, 4.69) is 12.2 Å². The van der Waals surface area contributed by atoms with Crippen molar-refractivity contribution in [3.63, 3.8) is 0 Å². The van der Waals surface area contributed by atoms with E-state index in [1.165, 1.54) is 17.1 Å². The van der Waals surface area contributed by atoms with Crippen LogP contribution < -0.4 is 4.90 Å². The lowest BCUT2D eigenvalue weighted by molar-refractivity contribution is -0.384. The zero-order valence-corrected chi connectivity index (χ0v) is 26.2. The highest BCUT2D eigenvalue weighted by atomic mass is 32.2. The van der Waals surface area contributed by atoms with Crippen LogP contribution in [-0.4, -0.2) is 62.0 Å². The number of hydrogen-bond donors (Lipinski definition) is 0. The van der Waals surface area contributed by atoms with Crippen molar-refractivity contribution >= 4 is 39.4 Å². The second-order valence-corrected chi connectivity index (χ2v) is 13.4. The van der Waals surface area contributed by atoms with Gasteiger partial charge in [0.25, 0.3) is 15.7 Å². The van der Waals surface area contributed by atoms with Gasteiger partial charge in [-0.15, -0.1) is 0 Å². The first-order chi connectivity index (χ1) is 21.6. The molecule has 4 aliphatic rings. The summed E-state index contributed by atoms with van der Waals surface area (Å²) >= 11 is 0. The fourth-order valence-electron chi connectivity index (χ4n) is 6.00. The Bertz CT molecular complexity index is 1870. The van der Waals surface area contributed by atoms with Crippen LogP contribution in [0.5, 0.6) is 0 Å². The highest BCUT2D eigenvalue weighted by Gasteiger charge is 2.71. The third-order valence-corrected chi connectivity index (χ3v) is 9.57. The summed E-state index contributed by atoms with van der Waals surface area (Å²) in [5.41, 5.74) is -4.80.